The monoisotopic (exact) mass is 279 g/mol. The van der Waals surface area contributed by atoms with Gasteiger partial charge in [0, 0.05) is 29.4 Å². The van der Waals surface area contributed by atoms with Gasteiger partial charge in [0.1, 0.15) is 11.5 Å². The van der Waals surface area contributed by atoms with E-state index in [-0.39, 0.29) is 6.61 Å². The highest BCUT2D eigenvalue weighted by atomic mass is 32.1. The van der Waals surface area contributed by atoms with Crippen molar-refractivity contribution in [1.29, 1.82) is 0 Å². The zero-order chi connectivity index (χ0) is 13.2. The van der Waals surface area contributed by atoms with Gasteiger partial charge in [-0.1, -0.05) is 5.16 Å². The van der Waals surface area contributed by atoms with Gasteiger partial charge in [-0.25, -0.2) is 4.98 Å². The maximum absolute atomic E-state index is 9.24. The van der Waals surface area contributed by atoms with E-state index in [0.29, 0.717) is 11.7 Å². The second-order valence-electron chi connectivity index (χ2n) is 4.87. The van der Waals surface area contributed by atoms with Crippen molar-refractivity contribution in [3.05, 3.63) is 33.1 Å². The number of nitrogens with one attached hydrogen (secondary N) is 1. The van der Waals surface area contributed by atoms with Crippen molar-refractivity contribution in [3.63, 3.8) is 0 Å². The van der Waals surface area contributed by atoms with Crippen LogP contribution in [-0.2, 0) is 26.0 Å². The molecule has 2 heterocycles. The fourth-order valence-corrected chi connectivity index (χ4v) is 3.22. The first-order chi connectivity index (χ1) is 9.28. The lowest BCUT2D eigenvalue weighted by Gasteiger charge is -2.22. The molecule has 1 unspecified atom stereocenters. The summed E-state index contributed by atoms with van der Waals surface area (Å²) in [4.78, 5) is 5.55. The van der Waals surface area contributed by atoms with Gasteiger partial charge in [0.2, 0.25) is 0 Å². The normalized spacial score (nSPS) is 18.5. The Hall–Kier alpha value is -1.24. The Morgan fingerprint density at radius 3 is 3.21 bits per heavy atom. The molecule has 0 aliphatic heterocycles. The van der Waals surface area contributed by atoms with Gasteiger partial charge in [-0.15, -0.1) is 11.3 Å². The number of aromatic nitrogens is 2. The van der Waals surface area contributed by atoms with Crippen LogP contribution in [0, 0.1) is 6.92 Å². The van der Waals surface area contributed by atoms with Gasteiger partial charge in [-0.05, 0) is 19.8 Å². The standard InChI is InChI=1S/C13H17N3O2S/c1-8-13(19-7-15-8)5-14-9-2-3-12-10(4-9)11(6-17)16-18-12/h7,9,14,17H,2-6H2,1H3. The molecule has 2 N–H and O–H groups in total. The van der Waals surface area contributed by atoms with Gasteiger partial charge in [0.05, 0.1) is 17.8 Å². The molecule has 0 saturated carbocycles. The highest BCUT2D eigenvalue weighted by Gasteiger charge is 2.25. The van der Waals surface area contributed by atoms with E-state index in [0.717, 1.165) is 42.8 Å². The minimum atomic E-state index is -0.0422. The maximum atomic E-state index is 9.24. The average Bonchev–Trinajstić information content (AvgIpc) is 3.02. The van der Waals surface area contributed by atoms with Crippen molar-refractivity contribution >= 4 is 11.3 Å². The lowest BCUT2D eigenvalue weighted by molar-refractivity contribution is 0.265. The molecule has 0 fully saturated rings. The van der Waals surface area contributed by atoms with E-state index in [2.05, 4.69) is 15.5 Å². The van der Waals surface area contributed by atoms with E-state index >= 15 is 0 Å². The summed E-state index contributed by atoms with van der Waals surface area (Å²) in [6.07, 6.45) is 2.82. The number of aliphatic hydroxyl groups is 1. The molecule has 3 rings (SSSR count). The summed E-state index contributed by atoms with van der Waals surface area (Å²) in [7, 11) is 0. The second kappa shape index (κ2) is 5.40. The predicted octanol–water partition coefficient (Wildman–Crippen LogP) is 1.58. The number of aliphatic hydroxyl groups excluding tert-OH is 1. The summed E-state index contributed by atoms with van der Waals surface area (Å²) in [6.45, 7) is 2.85. The summed E-state index contributed by atoms with van der Waals surface area (Å²) < 4.78 is 5.25. The number of thiazole rings is 1. The Morgan fingerprint density at radius 2 is 2.47 bits per heavy atom. The number of fused-ring (bicyclic) bond motifs is 1. The third kappa shape index (κ3) is 2.56. The van der Waals surface area contributed by atoms with Crippen molar-refractivity contribution in [2.45, 2.75) is 45.4 Å². The van der Waals surface area contributed by atoms with Gasteiger partial charge in [0.15, 0.2) is 0 Å². The highest BCUT2D eigenvalue weighted by molar-refractivity contribution is 7.09. The van der Waals surface area contributed by atoms with Crippen molar-refractivity contribution in [3.8, 4) is 0 Å². The zero-order valence-corrected chi connectivity index (χ0v) is 11.7. The van der Waals surface area contributed by atoms with Crippen LogP contribution in [0.4, 0.5) is 0 Å². The van der Waals surface area contributed by atoms with Crippen LogP contribution in [0.3, 0.4) is 0 Å². The van der Waals surface area contributed by atoms with Gasteiger partial charge in [-0.3, -0.25) is 0 Å². The molecule has 1 aliphatic rings. The minimum absolute atomic E-state index is 0.0422. The fraction of sp³-hybridized carbons (Fsp3) is 0.538. The minimum Gasteiger partial charge on any atom is -0.390 e. The van der Waals surface area contributed by atoms with Crippen molar-refractivity contribution in [2.24, 2.45) is 0 Å². The van der Waals surface area contributed by atoms with Crippen LogP contribution < -0.4 is 5.32 Å². The summed E-state index contributed by atoms with van der Waals surface area (Å²) in [5.74, 6) is 0.941. The van der Waals surface area contributed by atoms with Gasteiger partial charge >= 0.3 is 0 Å². The Labute approximate surface area is 115 Å². The fourth-order valence-electron chi connectivity index (χ4n) is 2.49. The predicted molar refractivity (Wildman–Crippen MR) is 71.9 cm³/mol. The molecule has 1 atom stereocenters. The number of hydrogen-bond acceptors (Lipinski definition) is 6. The molecule has 1 aliphatic carbocycles. The van der Waals surface area contributed by atoms with E-state index in [1.54, 1.807) is 11.3 Å². The molecule has 5 nitrogen and oxygen atoms in total. The first-order valence-electron chi connectivity index (χ1n) is 6.47. The Balaban J connectivity index is 1.64. The zero-order valence-electron chi connectivity index (χ0n) is 10.8. The molecule has 0 amide bonds. The second-order valence-corrected chi connectivity index (χ2v) is 5.81. The molecule has 102 valence electrons. The SMILES string of the molecule is Cc1ncsc1CNC1CCc2onc(CO)c2C1. The third-order valence-corrected chi connectivity index (χ3v) is 4.60. The lowest BCUT2D eigenvalue weighted by atomic mass is 9.92. The van der Waals surface area contributed by atoms with Crippen LogP contribution in [0.15, 0.2) is 10.0 Å². The van der Waals surface area contributed by atoms with Gasteiger partial charge in [0.25, 0.3) is 0 Å². The summed E-state index contributed by atoms with van der Waals surface area (Å²) >= 11 is 1.69. The molecule has 0 saturated heterocycles. The molecule has 0 aromatic carbocycles. The molecule has 6 heteroatoms. The average molecular weight is 279 g/mol. The van der Waals surface area contributed by atoms with E-state index < -0.39 is 0 Å². The summed E-state index contributed by atoms with van der Waals surface area (Å²) in [5.41, 5.74) is 4.77. The molecular weight excluding hydrogens is 262 g/mol. The van der Waals surface area contributed by atoms with Crippen molar-refractivity contribution < 1.29 is 9.63 Å². The molecule has 19 heavy (non-hydrogen) atoms. The first-order valence-corrected chi connectivity index (χ1v) is 7.35. The van der Waals surface area contributed by atoms with Crippen LogP contribution in [-0.4, -0.2) is 21.3 Å². The topological polar surface area (TPSA) is 71.2 Å². The van der Waals surface area contributed by atoms with Gasteiger partial charge < -0.3 is 14.9 Å². The van der Waals surface area contributed by atoms with Crippen LogP contribution >= 0.6 is 11.3 Å². The maximum Gasteiger partial charge on any atom is 0.140 e. The molecule has 0 radical (unpaired) electrons. The molecular formula is C13H17N3O2S. The van der Waals surface area contributed by atoms with Crippen molar-refractivity contribution in [2.75, 3.05) is 0 Å². The number of nitrogens with zero attached hydrogens (tertiary/aromatic N) is 2. The highest BCUT2D eigenvalue weighted by Crippen LogP contribution is 2.25. The quantitative estimate of drug-likeness (QED) is 0.889. The Bertz CT molecular complexity index is 550. The van der Waals surface area contributed by atoms with Crippen molar-refractivity contribution in [1.82, 2.24) is 15.5 Å². The van der Waals surface area contributed by atoms with E-state index in [1.807, 2.05) is 12.4 Å². The van der Waals surface area contributed by atoms with Crippen LogP contribution in [0.5, 0.6) is 0 Å². The number of rotatable bonds is 4. The summed E-state index contributed by atoms with van der Waals surface area (Å²) in [5, 5.41) is 16.7. The van der Waals surface area contributed by atoms with Crippen LogP contribution in [0.2, 0.25) is 0 Å². The van der Waals surface area contributed by atoms with E-state index in [1.165, 1.54) is 4.88 Å². The molecule has 0 bridgehead atoms. The largest absolute Gasteiger partial charge is 0.390 e. The summed E-state index contributed by atoms with van der Waals surface area (Å²) in [6, 6.07) is 0.415. The van der Waals surface area contributed by atoms with E-state index in [4.69, 9.17) is 4.52 Å². The Kier molecular flexibility index (Phi) is 3.63. The number of hydrogen-bond donors (Lipinski definition) is 2. The van der Waals surface area contributed by atoms with Gasteiger partial charge in [-0.2, -0.15) is 0 Å². The number of aryl methyl sites for hydroxylation is 2. The lowest BCUT2D eigenvalue weighted by Crippen LogP contribution is -2.34. The molecule has 0 spiro atoms. The molecule has 2 aromatic rings. The van der Waals surface area contributed by atoms with Crippen LogP contribution in [0.1, 0.15) is 34.0 Å². The third-order valence-electron chi connectivity index (χ3n) is 3.67. The first kappa shape index (κ1) is 12.8. The van der Waals surface area contributed by atoms with E-state index in [9.17, 15) is 5.11 Å². The van der Waals surface area contributed by atoms with Crippen LogP contribution in [0.25, 0.3) is 0 Å². The smallest absolute Gasteiger partial charge is 0.140 e. The molecule has 2 aromatic heterocycles. The Morgan fingerprint density at radius 1 is 1.58 bits per heavy atom.